The third-order valence-corrected chi connectivity index (χ3v) is 5.65. The Morgan fingerprint density at radius 2 is 1.97 bits per heavy atom. The highest BCUT2D eigenvalue weighted by atomic mass is 16.5. The lowest BCUT2D eigenvalue weighted by Gasteiger charge is -2.16. The van der Waals surface area contributed by atoms with Gasteiger partial charge in [-0.05, 0) is 26.3 Å². The molecule has 0 aliphatic carbocycles. The number of hydrogen-bond acceptors (Lipinski definition) is 9. The molecule has 4 rings (SSSR count). The van der Waals surface area contributed by atoms with Gasteiger partial charge >= 0.3 is 11.4 Å². The summed E-state index contributed by atoms with van der Waals surface area (Å²) in [6.45, 7) is 5.49. The molecule has 4 heterocycles. The zero-order valence-electron chi connectivity index (χ0n) is 18.3. The van der Waals surface area contributed by atoms with Crippen molar-refractivity contribution < 1.29 is 14.6 Å². The molecule has 0 aromatic carbocycles. The van der Waals surface area contributed by atoms with Crippen LogP contribution < -0.4 is 28.4 Å². The van der Waals surface area contributed by atoms with Crippen LogP contribution in [-0.2, 0) is 9.47 Å². The average molecular weight is 450 g/mol. The molecule has 2 aliphatic heterocycles. The number of H-pyrrole nitrogens is 1. The second kappa shape index (κ2) is 9.77. The topological polar surface area (TPSA) is 180 Å². The number of nitrogen functional groups attached to an aromatic ring is 1. The van der Waals surface area contributed by atoms with Crippen LogP contribution in [0.15, 0.2) is 32.8 Å². The minimum atomic E-state index is -0.673. The van der Waals surface area contributed by atoms with Gasteiger partial charge in [0.2, 0.25) is 0 Å². The summed E-state index contributed by atoms with van der Waals surface area (Å²) < 4.78 is 13.8. The van der Waals surface area contributed by atoms with Gasteiger partial charge in [0.05, 0.1) is 12.2 Å². The number of aliphatic hydroxyl groups excluding tert-OH is 1. The highest BCUT2D eigenvalue weighted by molar-refractivity contribution is 5.23. The number of aromatic nitrogens is 4. The van der Waals surface area contributed by atoms with E-state index in [0.29, 0.717) is 18.4 Å². The van der Waals surface area contributed by atoms with E-state index in [9.17, 15) is 19.5 Å². The van der Waals surface area contributed by atoms with Crippen LogP contribution in [0.25, 0.3) is 0 Å². The molecule has 176 valence electrons. The van der Waals surface area contributed by atoms with Crippen molar-refractivity contribution in [2.75, 3.05) is 5.73 Å². The fourth-order valence-corrected chi connectivity index (χ4v) is 3.67. The van der Waals surface area contributed by atoms with E-state index in [4.69, 9.17) is 20.9 Å². The maximum atomic E-state index is 11.6. The fraction of sp³-hybridized carbons (Fsp3) is 0.600. The number of aromatic amines is 1. The van der Waals surface area contributed by atoms with Gasteiger partial charge < -0.3 is 26.0 Å². The summed E-state index contributed by atoms with van der Waals surface area (Å²) in [7, 11) is 0. The van der Waals surface area contributed by atoms with Crippen molar-refractivity contribution >= 4 is 5.82 Å². The smallest absolute Gasteiger partial charge is 0.351 e. The van der Waals surface area contributed by atoms with Crippen molar-refractivity contribution in [1.29, 1.82) is 0 Å². The van der Waals surface area contributed by atoms with Gasteiger partial charge in [-0.2, -0.15) is 4.98 Å². The Morgan fingerprint density at radius 3 is 2.53 bits per heavy atom. The molecule has 0 spiro atoms. The van der Waals surface area contributed by atoms with Crippen LogP contribution in [-0.4, -0.2) is 48.6 Å². The predicted molar refractivity (Wildman–Crippen MR) is 116 cm³/mol. The first-order valence-electron chi connectivity index (χ1n) is 10.5. The van der Waals surface area contributed by atoms with Crippen molar-refractivity contribution in [1.82, 2.24) is 19.1 Å². The minimum Gasteiger partial charge on any atom is -0.388 e. The third-order valence-electron chi connectivity index (χ3n) is 5.65. The van der Waals surface area contributed by atoms with E-state index in [1.54, 1.807) is 6.92 Å². The molecule has 6 atom stereocenters. The van der Waals surface area contributed by atoms with Gasteiger partial charge in [0.1, 0.15) is 18.1 Å². The number of nitrogens with two attached hydrogens (primary N) is 2. The molecule has 0 radical (unpaired) electrons. The third kappa shape index (κ3) is 5.15. The van der Waals surface area contributed by atoms with Crippen LogP contribution in [0.5, 0.6) is 0 Å². The van der Waals surface area contributed by atoms with E-state index < -0.39 is 23.7 Å². The lowest BCUT2D eigenvalue weighted by atomic mass is 10.1. The van der Waals surface area contributed by atoms with Crippen LogP contribution in [0.1, 0.15) is 51.1 Å². The van der Waals surface area contributed by atoms with Gasteiger partial charge in [0.15, 0.2) is 6.23 Å². The van der Waals surface area contributed by atoms with Crippen LogP contribution in [0.2, 0.25) is 0 Å². The Bertz CT molecular complexity index is 1100. The number of aryl methyl sites for hydroxylation is 1. The fourth-order valence-electron chi connectivity index (χ4n) is 3.67. The molecule has 12 nitrogen and oxygen atoms in total. The van der Waals surface area contributed by atoms with Gasteiger partial charge in [0.25, 0.3) is 5.56 Å². The van der Waals surface area contributed by atoms with Crippen LogP contribution in [0.4, 0.5) is 5.82 Å². The van der Waals surface area contributed by atoms with Crippen LogP contribution >= 0.6 is 0 Å². The normalized spacial score (nSPS) is 29.5. The van der Waals surface area contributed by atoms with E-state index in [0.717, 1.165) is 6.42 Å². The molecule has 0 bridgehead atoms. The highest BCUT2D eigenvalue weighted by Crippen LogP contribution is 2.29. The number of aliphatic hydroxyl groups is 1. The molecule has 0 saturated carbocycles. The van der Waals surface area contributed by atoms with Crippen molar-refractivity contribution in [3.8, 4) is 0 Å². The molecule has 12 heteroatoms. The number of rotatable bonds is 3. The van der Waals surface area contributed by atoms with Crippen molar-refractivity contribution in [2.45, 2.75) is 76.8 Å². The van der Waals surface area contributed by atoms with Gasteiger partial charge in [-0.15, -0.1) is 0 Å². The second-order valence-electron chi connectivity index (χ2n) is 8.08. The van der Waals surface area contributed by atoms with Gasteiger partial charge in [-0.25, -0.2) is 9.59 Å². The van der Waals surface area contributed by atoms with Crippen molar-refractivity contribution in [3.63, 3.8) is 0 Å². The molecule has 2 saturated heterocycles. The summed E-state index contributed by atoms with van der Waals surface area (Å²) in [4.78, 5) is 40.2. The van der Waals surface area contributed by atoms with Gasteiger partial charge in [0, 0.05) is 36.8 Å². The van der Waals surface area contributed by atoms with E-state index in [1.165, 1.54) is 27.6 Å². The first-order chi connectivity index (χ1) is 15.1. The lowest BCUT2D eigenvalue weighted by Crippen LogP contribution is -2.33. The summed E-state index contributed by atoms with van der Waals surface area (Å²) in [5.41, 5.74) is 10.4. The first-order valence-corrected chi connectivity index (χ1v) is 10.5. The molecule has 2 aromatic heterocycles. The highest BCUT2D eigenvalue weighted by Gasteiger charge is 2.34. The average Bonchev–Trinajstić information content (AvgIpc) is 3.27. The first kappa shape index (κ1) is 23.9. The summed E-state index contributed by atoms with van der Waals surface area (Å²) in [6.07, 6.45) is 3.14. The van der Waals surface area contributed by atoms with E-state index in [2.05, 4.69) is 9.97 Å². The second-order valence-corrected chi connectivity index (χ2v) is 8.08. The number of anilines is 1. The Labute approximate surface area is 183 Å². The Balaban J connectivity index is 0.000000181. The Kier molecular flexibility index (Phi) is 7.29. The van der Waals surface area contributed by atoms with Gasteiger partial charge in [-0.3, -0.25) is 18.9 Å². The molecule has 0 amide bonds. The molecule has 6 N–H and O–H groups in total. The summed E-state index contributed by atoms with van der Waals surface area (Å²) in [6, 6.07) is 1.43. The van der Waals surface area contributed by atoms with Crippen LogP contribution in [0.3, 0.4) is 0 Å². The number of nitrogens with zero attached hydrogens (tertiary/aromatic N) is 3. The molecular formula is C20H30N6O6. The Hall–Kier alpha value is -2.80. The number of ether oxygens (including phenoxy) is 2. The SMILES string of the molecule is CC[C@@H]1C[C@H](O)C(n2ccc(N)nc2=O)O1.Cc1cn([C@H]2C[C@@H](N)C(C)O2)c(=O)[nH]c1=O. The predicted octanol–water partition coefficient (Wildman–Crippen LogP) is -0.636. The monoisotopic (exact) mass is 450 g/mol. The van der Waals surface area contributed by atoms with Gasteiger partial charge in [-0.1, -0.05) is 6.92 Å². The minimum absolute atomic E-state index is 0.00977. The van der Waals surface area contributed by atoms with E-state index in [1.807, 2.05) is 13.8 Å². The summed E-state index contributed by atoms with van der Waals surface area (Å²) in [5.74, 6) is 0.167. The summed E-state index contributed by atoms with van der Waals surface area (Å²) in [5, 5.41) is 9.79. The van der Waals surface area contributed by atoms with Crippen molar-refractivity contribution in [2.24, 2.45) is 5.73 Å². The zero-order chi connectivity index (χ0) is 23.6. The molecule has 2 fully saturated rings. The zero-order valence-corrected chi connectivity index (χ0v) is 18.3. The maximum Gasteiger partial charge on any atom is 0.351 e. The molecule has 2 aromatic rings. The number of hydrogen-bond donors (Lipinski definition) is 4. The molecule has 32 heavy (non-hydrogen) atoms. The quantitative estimate of drug-likeness (QED) is 0.473. The standard InChI is InChI=1S/2C10H15N3O3/c1-5-4-13(10(15)12-9(5)14)8-3-7(11)6(2)16-8;1-2-6-5-7(14)9(16-6)13-4-3-8(11)12-10(13)15/h4,6-8H,3,11H2,1-2H3,(H,12,14,15);3-4,6-7,9,14H,2,5H2,1H3,(H2,11,12,15)/t6?,7-,8-;6-,7+,9?/m11/s1. The van der Waals surface area contributed by atoms with E-state index >= 15 is 0 Å². The Morgan fingerprint density at radius 1 is 1.25 bits per heavy atom. The maximum absolute atomic E-state index is 11.6. The molecule has 2 aliphatic rings. The largest absolute Gasteiger partial charge is 0.388 e. The van der Waals surface area contributed by atoms with E-state index in [-0.39, 0.29) is 35.9 Å². The molecular weight excluding hydrogens is 420 g/mol. The van der Waals surface area contributed by atoms with Crippen LogP contribution in [0, 0.1) is 6.92 Å². The molecule has 2 unspecified atom stereocenters. The van der Waals surface area contributed by atoms with Crippen molar-refractivity contribution in [3.05, 3.63) is 55.3 Å². The number of nitrogens with one attached hydrogen (secondary N) is 1. The summed E-state index contributed by atoms with van der Waals surface area (Å²) >= 11 is 0. The lowest BCUT2D eigenvalue weighted by molar-refractivity contribution is -0.0403.